The Morgan fingerprint density at radius 2 is 2.08 bits per heavy atom. The molecule has 0 spiro atoms. The fraction of sp³-hybridized carbons (Fsp3) is 0.706. The van der Waals surface area contributed by atoms with Crippen molar-refractivity contribution >= 4 is 18.4 Å². The van der Waals surface area contributed by atoms with Crippen molar-refractivity contribution in [3.05, 3.63) is 20.7 Å². The van der Waals surface area contributed by atoms with Crippen molar-refractivity contribution in [2.75, 3.05) is 26.2 Å². The van der Waals surface area contributed by atoms with E-state index in [4.69, 9.17) is 12.2 Å². The molecule has 6 nitrogen and oxygen atoms in total. The van der Waals surface area contributed by atoms with E-state index >= 15 is 0 Å². The first-order valence-electron chi connectivity index (χ1n) is 9.03. The summed E-state index contributed by atoms with van der Waals surface area (Å²) >= 11 is 5.13. The zero-order valence-electron chi connectivity index (χ0n) is 14.5. The highest BCUT2D eigenvalue weighted by molar-refractivity contribution is 7.71. The van der Waals surface area contributed by atoms with Gasteiger partial charge < -0.3 is 10.0 Å². The van der Waals surface area contributed by atoms with E-state index in [1.807, 2.05) is 0 Å². The summed E-state index contributed by atoms with van der Waals surface area (Å²) in [6, 6.07) is 0. The quantitative estimate of drug-likeness (QED) is 0.374. The van der Waals surface area contributed by atoms with E-state index in [1.165, 1.54) is 38.6 Å². The predicted octanol–water partition coefficient (Wildman–Crippen LogP) is 1.29. The molecule has 24 heavy (non-hydrogen) atoms. The summed E-state index contributed by atoms with van der Waals surface area (Å²) in [6.07, 6.45) is 8.38. The number of aliphatic imine (C=N–C) groups is 1. The van der Waals surface area contributed by atoms with Crippen LogP contribution in [-0.4, -0.2) is 47.1 Å². The van der Waals surface area contributed by atoms with Gasteiger partial charge in [-0.3, -0.25) is 19.3 Å². The lowest BCUT2D eigenvalue weighted by Crippen LogP contribution is -3.12. The Bertz CT molecular complexity index is 660. The summed E-state index contributed by atoms with van der Waals surface area (Å²) < 4.78 is 1.83. The number of H-pyrrole nitrogens is 1. The van der Waals surface area contributed by atoms with Gasteiger partial charge in [0.2, 0.25) is 5.88 Å². The number of unbranched alkanes of at least 4 members (excludes halogenated alkanes) is 1. The summed E-state index contributed by atoms with van der Waals surface area (Å²) in [5, 5.41) is 10.3. The number of aromatic amines is 1. The summed E-state index contributed by atoms with van der Waals surface area (Å²) in [7, 11) is 0. The first-order valence-corrected chi connectivity index (χ1v) is 9.43. The van der Waals surface area contributed by atoms with Crippen LogP contribution in [-0.2, 0) is 6.54 Å². The van der Waals surface area contributed by atoms with Crippen molar-refractivity contribution in [3.63, 3.8) is 0 Å². The molecule has 1 aromatic heterocycles. The number of aromatic nitrogens is 2. The molecule has 1 aliphatic rings. The van der Waals surface area contributed by atoms with Gasteiger partial charge in [-0.15, -0.1) is 0 Å². The lowest BCUT2D eigenvalue weighted by molar-refractivity contribution is -0.904. The van der Waals surface area contributed by atoms with E-state index in [0.29, 0.717) is 13.1 Å². The molecule has 2 heterocycles. The van der Waals surface area contributed by atoms with Crippen LogP contribution in [0, 0.1) is 4.77 Å². The van der Waals surface area contributed by atoms with Crippen LogP contribution in [0.3, 0.4) is 0 Å². The van der Waals surface area contributed by atoms with Crippen LogP contribution in [0.5, 0.6) is 5.88 Å². The maximum Gasteiger partial charge on any atom is 0.264 e. The lowest BCUT2D eigenvalue weighted by atomic mass is 10.1. The van der Waals surface area contributed by atoms with Crippen LogP contribution < -0.4 is 10.5 Å². The SMILES string of the molecule is CCCCn1c(O)c(C=NCCC[NH+]2CCCCC2)c(=O)[nH]c1=S. The van der Waals surface area contributed by atoms with E-state index in [1.54, 1.807) is 9.47 Å². The highest BCUT2D eigenvalue weighted by Crippen LogP contribution is 2.12. The largest absolute Gasteiger partial charge is 0.494 e. The molecular formula is C17H29N4O2S+. The maximum atomic E-state index is 12.0. The molecule has 1 aromatic rings. The number of hydrogen-bond donors (Lipinski definition) is 3. The molecule has 2 rings (SSSR count). The van der Waals surface area contributed by atoms with Crippen molar-refractivity contribution in [3.8, 4) is 5.88 Å². The first-order chi connectivity index (χ1) is 11.6. The second-order valence-electron chi connectivity index (χ2n) is 6.45. The third kappa shape index (κ3) is 5.27. The van der Waals surface area contributed by atoms with Gasteiger partial charge in [0, 0.05) is 25.7 Å². The molecule has 3 N–H and O–H groups in total. The molecule has 134 valence electrons. The lowest BCUT2D eigenvalue weighted by Gasteiger charge is -2.22. The maximum absolute atomic E-state index is 12.0. The van der Waals surface area contributed by atoms with Gasteiger partial charge in [-0.05, 0) is 37.9 Å². The predicted molar refractivity (Wildman–Crippen MR) is 99.0 cm³/mol. The van der Waals surface area contributed by atoms with Crippen LogP contribution in [0.1, 0.15) is 51.0 Å². The second kappa shape index (κ2) is 9.74. The molecule has 0 saturated carbocycles. The molecule has 0 bridgehead atoms. The molecule has 1 aliphatic heterocycles. The third-order valence-electron chi connectivity index (χ3n) is 4.54. The van der Waals surface area contributed by atoms with Crippen LogP contribution >= 0.6 is 12.2 Å². The molecule has 0 aromatic carbocycles. The molecular weight excluding hydrogens is 324 g/mol. The number of aromatic hydroxyl groups is 1. The van der Waals surface area contributed by atoms with E-state index in [0.717, 1.165) is 25.8 Å². The number of nitrogens with zero attached hydrogens (tertiary/aromatic N) is 2. The van der Waals surface area contributed by atoms with E-state index < -0.39 is 0 Å². The molecule has 0 atom stereocenters. The number of piperidine rings is 1. The zero-order chi connectivity index (χ0) is 17.4. The van der Waals surface area contributed by atoms with Crippen molar-refractivity contribution in [2.24, 2.45) is 4.99 Å². The minimum atomic E-state index is -0.379. The van der Waals surface area contributed by atoms with Gasteiger partial charge in [0.1, 0.15) is 5.56 Å². The summed E-state index contributed by atoms with van der Waals surface area (Å²) in [5.74, 6) is -0.0809. The summed E-state index contributed by atoms with van der Waals surface area (Å²) in [4.78, 5) is 20.6. The average molecular weight is 354 g/mol. The monoisotopic (exact) mass is 353 g/mol. The third-order valence-corrected chi connectivity index (χ3v) is 4.86. The Morgan fingerprint density at radius 1 is 1.33 bits per heavy atom. The number of nitrogens with one attached hydrogen (secondary N) is 2. The summed E-state index contributed by atoms with van der Waals surface area (Å²) in [5.41, 5.74) is -0.180. The standard InChI is InChI=1S/C17H28N4O2S/c1-2-3-12-21-16(23)14(15(22)19-17(21)24)13-18-8-7-11-20-9-5-4-6-10-20/h13,23H,2-12H2,1H3,(H,19,22,24)/p+1. The van der Waals surface area contributed by atoms with Gasteiger partial charge in [-0.1, -0.05) is 13.3 Å². The van der Waals surface area contributed by atoms with Gasteiger partial charge >= 0.3 is 0 Å². The molecule has 1 saturated heterocycles. The minimum Gasteiger partial charge on any atom is -0.494 e. The topological polar surface area (TPSA) is 74.8 Å². The van der Waals surface area contributed by atoms with Crippen molar-refractivity contribution in [1.82, 2.24) is 9.55 Å². The molecule has 7 heteroatoms. The molecule has 0 unspecified atom stereocenters. The van der Waals surface area contributed by atoms with Crippen molar-refractivity contribution in [1.29, 1.82) is 0 Å². The highest BCUT2D eigenvalue weighted by Gasteiger charge is 2.13. The van der Waals surface area contributed by atoms with E-state index in [9.17, 15) is 9.90 Å². The van der Waals surface area contributed by atoms with Gasteiger partial charge in [0.15, 0.2) is 4.77 Å². The molecule has 0 amide bonds. The van der Waals surface area contributed by atoms with Crippen LogP contribution in [0.25, 0.3) is 0 Å². The van der Waals surface area contributed by atoms with E-state index in [-0.39, 0.29) is 21.8 Å². The highest BCUT2D eigenvalue weighted by atomic mass is 32.1. The van der Waals surface area contributed by atoms with Crippen LogP contribution in [0.15, 0.2) is 9.79 Å². The van der Waals surface area contributed by atoms with Gasteiger partial charge in [0.25, 0.3) is 5.56 Å². The van der Waals surface area contributed by atoms with Gasteiger partial charge in [-0.2, -0.15) is 0 Å². The zero-order valence-corrected chi connectivity index (χ0v) is 15.3. The van der Waals surface area contributed by atoms with Crippen LogP contribution in [0.4, 0.5) is 0 Å². The Hall–Kier alpha value is -1.47. The average Bonchev–Trinajstić information content (AvgIpc) is 2.58. The number of likely N-dealkylation sites (tertiary alicyclic amines) is 1. The van der Waals surface area contributed by atoms with Gasteiger partial charge in [-0.25, -0.2) is 0 Å². The van der Waals surface area contributed by atoms with Crippen LogP contribution in [0.2, 0.25) is 0 Å². The Labute approximate surface area is 148 Å². The minimum absolute atomic E-state index is 0.0809. The molecule has 1 fully saturated rings. The fourth-order valence-electron chi connectivity index (χ4n) is 3.09. The first kappa shape index (κ1) is 18.9. The second-order valence-corrected chi connectivity index (χ2v) is 6.84. The normalized spacial score (nSPS) is 16.0. The molecule has 0 radical (unpaired) electrons. The van der Waals surface area contributed by atoms with Gasteiger partial charge in [0.05, 0.1) is 19.6 Å². The number of hydrogen-bond acceptors (Lipinski definition) is 4. The van der Waals surface area contributed by atoms with E-state index in [2.05, 4.69) is 16.9 Å². The smallest absolute Gasteiger partial charge is 0.264 e. The summed E-state index contributed by atoms with van der Waals surface area (Å²) in [6.45, 7) is 6.99. The van der Waals surface area contributed by atoms with Crippen molar-refractivity contribution < 1.29 is 10.0 Å². The van der Waals surface area contributed by atoms with Crippen molar-refractivity contribution in [2.45, 2.75) is 52.0 Å². The Balaban J connectivity index is 1.95. The fourth-order valence-corrected chi connectivity index (χ4v) is 3.36. The number of rotatable bonds is 8. The number of quaternary nitrogens is 1. The Kier molecular flexibility index (Phi) is 7.65. The molecule has 0 aliphatic carbocycles. The Morgan fingerprint density at radius 3 is 2.79 bits per heavy atom.